The molecule has 102 valence electrons. The van der Waals surface area contributed by atoms with Crippen LogP contribution >= 0.6 is 11.8 Å². The molecule has 0 aliphatic heterocycles. The first kappa shape index (κ1) is 14.2. The van der Waals surface area contributed by atoms with Gasteiger partial charge in [-0.15, -0.1) is 11.8 Å². The summed E-state index contributed by atoms with van der Waals surface area (Å²) in [4.78, 5) is 5.68. The summed E-state index contributed by atoms with van der Waals surface area (Å²) >= 11 is 1.85. The largest absolute Gasteiger partial charge is 0.335 e. The van der Waals surface area contributed by atoms with Crippen LogP contribution in [0.5, 0.6) is 0 Å². The van der Waals surface area contributed by atoms with Crippen LogP contribution in [0.1, 0.15) is 31.3 Å². The molecule has 0 bridgehead atoms. The molecular weight excluding hydrogens is 254 g/mol. The van der Waals surface area contributed by atoms with Gasteiger partial charge in [0.1, 0.15) is 5.82 Å². The van der Waals surface area contributed by atoms with Crippen molar-refractivity contribution < 1.29 is 0 Å². The zero-order valence-corrected chi connectivity index (χ0v) is 12.4. The third-order valence-electron chi connectivity index (χ3n) is 3.16. The van der Waals surface area contributed by atoms with Crippen molar-refractivity contribution in [3.63, 3.8) is 0 Å². The zero-order chi connectivity index (χ0) is 13.7. The number of nitrogens with two attached hydrogens (primary N) is 1. The molecule has 19 heavy (non-hydrogen) atoms. The Morgan fingerprint density at radius 2 is 2.00 bits per heavy atom. The van der Waals surface area contributed by atoms with Gasteiger partial charge in [-0.25, -0.2) is 4.98 Å². The molecule has 1 atom stereocenters. The average molecular weight is 275 g/mol. The molecule has 2 rings (SSSR count). The predicted octanol–water partition coefficient (Wildman–Crippen LogP) is 3.26. The third-order valence-corrected chi connectivity index (χ3v) is 4.06. The van der Waals surface area contributed by atoms with Gasteiger partial charge in [0.25, 0.3) is 0 Å². The first-order chi connectivity index (χ1) is 9.24. The normalized spacial score (nSPS) is 12.6. The Morgan fingerprint density at radius 1 is 1.26 bits per heavy atom. The Hall–Kier alpha value is -1.26. The SMILES string of the molecule is CCSc1ccc(C(N)Cc2nccn2CC)cc1. The van der Waals surface area contributed by atoms with Crippen LogP contribution in [0.3, 0.4) is 0 Å². The Bertz CT molecular complexity index is 504. The Balaban J connectivity index is 2.05. The summed E-state index contributed by atoms with van der Waals surface area (Å²) in [5.41, 5.74) is 7.45. The van der Waals surface area contributed by atoms with Gasteiger partial charge in [-0.3, -0.25) is 0 Å². The monoisotopic (exact) mass is 275 g/mol. The maximum absolute atomic E-state index is 6.27. The van der Waals surface area contributed by atoms with Crippen molar-refractivity contribution in [3.8, 4) is 0 Å². The highest BCUT2D eigenvalue weighted by Crippen LogP contribution is 2.21. The van der Waals surface area contributed by atoms with Crippen molar-refractivity contribution in [2.45, 2.75) is 37.8 Å². The van der Waals surface area contributed by atoms with Gasteiger partial charge in [0, 0.05) is 36.3 Å². The molecule has 0 amide bonds. The molecule has 0 aliphatic carbocycles. The molecule has 1 aromatic carbocycles. The minimum atomic E-state index is 0.00776. The molecule has 1 unspecified atom stereocenters. The van der Waals surface area contributed by atoms with E-state index in [0.29, 0.717) is 0 Å². The maximum Gasteiger partial charge on any atom is 0.110 e. The number of imidazole rings is 1. The molecular formula is C15H21N3S. The Kier molecular flexibility index (Phi) is 5.05. The van der Waals surface area contributed by atoms with Gasteiger partial charge in [0.05, 0.1) is 0 Å². The summed E-state index contributed by atoms with van der Waals surface area (Å²) in [5, 5.41) is 0. The van der Waals surface area contributed by atoms with Crippen LogP contribution in [0.25, 0.3) is 0 Å². The number of rotatable bonds is 6. The molecule has 2 N–H and O–H groups in total. The molecule has 1 heterocycles. The van der Waals surface area contributed by atoms with E-state index in [0.717, 1.165) is 24.5 Å². The van der Waals surface area contributed by atoms with E-state index in [4.69, 9.17) is 5.73 Å². The topological polar surface area (TPSA) is 43.8 Å². The van der Waals surface area contributed by atoms with Crippen LogP contribution in [-0.4, -0.2) is 15.3 Å². The summed E-state index contributed by atoms with van der Waals surface area (Å²) in [5.74, 6) is 2.15. The minimum absolute atomic E-state index is 0.00776. The van der Waals surface area contributed by atoms with Crippen molar-refractivity contribution in [3.05, 3.63) is 48.0 Å². The Morgan fingerprint density at radius 3 is 2.63 bits per heavy atom. The van der Waals surface area contributed by atoms with Crippen molar-refractivity contribution in [2.75, 3.05) is 5.75 Å². The van der Waals surface area contributed by atoms with E-state index in [1.807, 2.05) is 24.2 Å². The second-order valence-corrected chi connectivity index (χ2v) is 5.78. The number of aryl methyl sites for hydroxylation is 1. The molecule has 0 aliphatic rings. The van der Waals surface area contributed by atoms with Crippen LogP contribution < -0.4 is 5.73 Å². The first-order valence-electron chi connectivity index (χ1n) is 6.73. The van der Waals surface area contributed by atoms with Gasteiger partial charge in [0.15, 0.2) is 0 Å². The minimum Gasteiger partial charge on any atom is -0.335 e. The molecule has 2 aromatic rings. The number of nitrogens with zero attached hydrogens (tertiary/aromatic N) is 2. The second kappa shape index (κ2) is 6.78. The van der Waals surface area contributed by atoms with Gasteiger partial charge in [-0.2, -0.15) is 0 Å². The molecule has 0 fully saturated rings. The lowest BCUT2D eigenvalue weighted by Gasteiger charge is -2.13. The highest BCUT2D eigenvalue weighted by atomic mass is 32.2. The van der Waals surface area contributed by atoms with E-state index in [2.05, 4.69) is 47.7 Å². The van der Waals surface area contributed by atoms with Crippen LogP contribution in [-0.2, 0) is 13.0 Å². The molecule has 1 aromatic heterocycles. The molecule has 0 saturated heterocycles. The number of benzene rings is 1. The lowest BCUT2D eigenvalue weighted by atomic mass is 10.0. The van der Waals surface area contributed by atoms with Crippen molar-refractivity contribution >= 4 is 11.8 Å². The van der Waals surface area contributed by atoms with Crippen LogP contribution in [0, 0.1) is 0 Å². The number of hydrogen-bond donors (Lipinski definition) is 1. The quantitative estimate of drug-likeness (QED) is 0.823. The summed E-state index contributed by atoms with van der Waals surface area (Å²) in [7, 11) is 0. The maximum atomic E-state index is 6.27. The fraction of sp³-hybridized carbons (Fsp3) is 0.400. The molecule has 3 nitrogen and oxygen atoms in total. The van der Waals surface area contributed by atoms with E-state index in [9.17, 15) is 0 Å². The van der Waals surface area contributed by atoms with E-state index in [-0.39, 0.29) is 6.04 Å². The van der Waals surface area contributed by atoms with Crippen LogP contribution in [0.4, 0.5) is 0 Å². The van der Waals surface area contributed by atoms with Gasteiger partial charge in [0.2, 0.25) is 0 Å². The van der Waals surface area contributed by atoms with E-state index in [1.165, 1.54) is 10.5 Å². The van der Waals surface area contributed by atoms with E-state index >= 15 is 0 Å². The predicted molar refractivity (Wildman–Crippen MR) is 81.4 cm³/mol. The average Bonchev–Trinajstić information content (AvgIpc) is 2.87. The summed E-state index contributed by atoms with van der Waals surface area (Å²) in [6, 6.07) is 8.56. The first-order valence-corrected chi connectivity index (χ1v) is 7.71. The van der Waals surface area contributed by atoms with E-state index < -0.39 is 0 Å². The zero-order valence-electron chi connectivity index (χ0n) is 11.5. The highest BCUT2D eigenvalue weighted by molar-refractivity contribution is 7.99. The highest BCUT2D eigenvalue weighted by Gasteiger charge is 2.10. The number of hydrogen-bond acceptors (Lipinski definition) is 3. The summed E-state index contributed by atoms with van der Waals surface area (Å²) in [6.07, 6.45) is 4.62. The van der Waals surface area contributed by atoms with Crippen molar-refractivity contribution in [1.29, 1.82) is 0 Å². The van der Waals surface area contributed by atoms with Crippen LogP contribution in [0.15, 0.2) is 41.6 Å². The van der Waals surface area contributed by atoms with Crippen molar-refractivity contribution in [1.82, 2.24) is 9.55 Å². The molecule has 4 heteroatoms. The lowest BCUT2D eigenvalue weighted by molar-refractivity contribution is 0.628. The van der Waals surface area contributed by atoms with Crippen LogP contribution in [0.2, 0.25) is 0 Å². The van der Waals surface area contributed by atoms with Gasteiger partial charge in [-0.1, -0.05) is 19.1 Å². The van der Waals surface area contributed by atoms with Gasteiger partial charge >= 0.3 is 0 Å². The molecule has 0 radical (unpaired) electrons. The smallest absolute Gasteiger partial charge is 0.110 e. The second-order valence-electron chi connectivity index (χ2n) is 4.44. The summed E-state index contributed by atoms with van der Waals surface area (Å²) < 4.78 is 2.14. The molecule has 0 spiro atoms. The van der Waals surface area contributed by atoms with Gasteiger partial charge < -0.3 is 10.3 Å². The molecule has 0 saturated carbocycles. The standard InChI is InChI=1S/C15H21N3S/c1-3-18-10-9-17-15(18)11-14(16)12-5-7-13(8-6-12)19-4-2/h5-10,14H,3-4,11,16H2,1-2H3. The van der Waals surface area contributed by atoms with E-state index in [1.54, 1.807) is 0 Å². The fourth-order valence-corrected chi connectivity index (χ4v) is 2.77. The van der Waals surface area contributed by atoms with Gasteiger partial charge in [-0.05, 0) is 30.4 Å². The lowest BCUT2D eigenvalue weighted by Crippen LogP contribution is -2.16. The van der Waals surface area contributed by atoms with Crippen molar-refractivity contribution in [2.24, 2.45) is 5.73 Å². The number of aromatic nitrogens is 2. The number of thioether (sulfide) groups is 1. The summed E-state index contributed by atoms with van der Waals surface area (Å²) in [6.45, 7) is 5.22. The Labute approximate surface area is 119 Å². The third kappa shape index (κ3) is 3.61. The fourth-order valence-electron chi connectivity index (χ4n) is 2.11.